The van der Waals surface area contributed by atoms with Crippen LogP contribution < -0.4 is 5.32 Å². The normalized spacial score (nSPS) is 33.6. The zero-order chi connectivity index (χ0) is 11.2. The van der Waals surface area contributed by atoms with Gasteiger partial charge in [-0.05, 0) is 43.7 Å². The van der Waals surface area contributed by atoms with E-state index >= 15 is 0 Å². The predicted octanol–water partition coefficient (Wildman–Crippen LogP) is 3.98. The maximum Gasteiger partial charge on any atom is -0.00178 e. The van der Waals surface area contributed by atoms with Crippen molar-refractivity contribution in [1.29, 1.82) is 0 Å². The zero-order valence-electron chi connectivity index (χ0n) is 11.0. The number of hydrogen-bond donors (Lipinski definition) is 1. The summed E-state index contributed by atoms with van der Waals surface area (Å²) in [6.45, 7) is 4.93. The Morgan fingerprint density at radius 2 is 1.75 bits per heavy atom. The van der Waals surface area contributed by atoms with Crippen molar-refractivity contribution < 1.29 is 0 Å². The molecule has 2 rings (SSSR count). The lowest BCUT2D eigenvalue weighted by molar-refractivity contribution is 0.151. The molecule has 1 N–H and O–H groups in total. The van der Waals surface area contributed by atoms with Gasteiger partial charge in [0.05, 0.1) is 0 Å². The van der Waals surface area contributed by atoms with Gasteiger partial charge in [-0.15, -0.1) is 0 Å². The van der Waals surface area contributed by atoms with E-state index in [1.165, 1.54) is 70.9 Å². The first-order valence-corrected chi connectivity index (χ1v) is 7.62. The second-order valence-corrected chi connectivity index (χ2v) is 5.96. The van der Waals surface area contributed by atoms with Gasteiger partial charge in [0.25, 0.3) is 0 Å². The Balaban J connectivity index is 1.92. The monoisotopic (exact) mass is 223 g/mol. The van der Waals surface area contributed by atoms with Crippen molar-refractivity contribution in [2.24, 2.45) is 17.8 Å². The average molecular weight is 223 g/mol. The lowest BCUT2D eigenvalue weighted by Gasteiger charge is -2.37. The van der Waals surface area contributed by atoms with Crippen molar-refractivity contribution in [1.82, 2.24) is 5.32 Å². The van der Waals surface area contributed by atoms with Gasteiger partial charge >= 0.3 is 0 Å². The van der Waals surface area contributed by atoms with Crippen LogP contribution in [0.2, 0.25) is 0 Å². The number of nitrogens with one attached hydrogen (secondary N) is 1. The largest absolute Gasteiger partial charge is 0.316 e. The summed E-state index contributed by atoms with van der Waals surface area (Å²) in [7, 11) is 0. The number of hydrogen-bond acceptors (Lipinski definition) is 1. The molecule has 1 aliphatic heterocycles. The highest BCUT2D eigenvalue weighted by Gasteiger charge is 2.31. The van der Waals surface area contributed by atoms with Crippen LogP contribution in [0.5, 0.6) is 0 Å². The van der Waals surface area contributed by atoms with Gasteiger partial charge in [-0.2, -0.15) is 0 Å². The third-order valence-electron chi connectivity index (χ3n) is 4.83. The maximum absolute atomic E-state index is 3.60. The van der Waals surface area contributed by atoms with E-state index in [9.17, 15) is 0 Å². The Morgan fingerprint density at radius 3 is 2.44 bits per heavy atom. The Kier molecular flexibility index (Phi) is 5.15. The van der Waals surface area contributed by atoms with Crippen LogP contribution in [-0.2, 0) is 0 Å². The summed E-state index contributed by atoms with van der Waals surface area (Å²) in [5.41, 5.74) is 0. The molecule has 1 saturated carbocycles. The molecular formula is C15H29N. The van der Waals surface area contributed by atoms with Gasteiger partial charge in [-0.1, -0.05) is 51.9 Å². The first kappa shape index (κ1) is 12.4. The second kappa shape index (κ2) is 6.64. The smallest absolute Gasteiger partial charge is 0.00178 e. The van der Waals surface area contributed by atoms with Gasteiger partial charge in [0.2, 0.25) is 0 Å². The zero-order valence-corrected chi connectivity index (χ0v) is 11.0. The standard InChI is InChI=1S/C15H29N/c1-2-7-14-12-16-11-10-15(14)13-8-5-3-4-6-9-13/h13-16H,2-12H2,1H3. The van der Waals surface area contributed by atoms with E-state index in [0.29, 0.717) is 0 Å². The van der Waals surface area contributed by atoms with Gasteiger partial charge in [0.15, 0.2) is 0 Å². The molecular weight excluding hydrogens is 194 g/mol. The second-order valence-electron chi connectivity index (χ2n) is 5.96. The van der Waals surface area contributed by atoms with Crippen LogP contribution in [0.25, 0.3) is 0 Å². The van der Waals surface area contributed by atoms with Crippen LogP contribution in [0.3, 0.4) is 0 Å². The Labute approximate surface area is 101 Å². The fourth-order valence-corrected chi connectivity index (χ4v) is 3.99. The molecule has 1 saturated heterocycles. The van der Waals surface area contributed by atoms with Gasteiger partial charge in [0, 0.05) is 0 Å². The third kappa shape index (κ3) is 3.23. The van der Waals surface area contributed by atoms with E-state index in [1.54, 1.807) is 0 Å². The lowest BCUT2D eigenvalue weighted by atomic mass is 9.73. The molecule has 2 aliphatic rings. The Hall–Kier alpha value is -0.0400. The quantitative estimate of drug-likeness (QED) is 0.714. The summed E-state index contributed by atoms with van der Waals surface area (Å²) in [5, 5.41) is 3.60. The van der Waals surface area contributed by atoms with E-state index in [0.717, 1.165) is 17.8 Å². The molecule has 0 amide bonds. The topological polar surface area (TPSA) is 12.0 Å². The minimum Gasteiger partial charge on any atom is -0.316 e. The minimum atomic E-state index is 0.988. The van der Waals surface area contributed by atoms with Crippen molar-refractivity contribution in [3.63, 3.8) is 0 Å². The van der Waals surface area contributed by atoms with Crippen molar-refractivity contribution in [2.75, 3.05) is 13.1 Å². The average Bonchev–Trinajstić information content (AvgIpc) is 2.59. The van der Waals surface area contributed by atoms with E-state index < -0.39 is 0 Å². The fraction of sp³-hybridized carbons (Fsp3) is 1.00. The van der Waals surface area contributed by atoms with E-state index in [2.05, 4.69) is 12.2 Å². The summed E-state index contributed by atoms with van der Waals surface area (Å²) >= 11 is 0. The van der Waals surface area contributed by atoms with Gasteiger partial charge in [-0.25, -0.2) is 0 Å². The lowest BCUT2D eigenvalue weighted by Crippen LogP contribution is -2.39. The fourth-order valence-electron chi connectivity index (χ4n) is 3.99. The summed E-state index contributed by atoms with van der Waals surface area (Å²) < 4.78 is 0. The summed E-state index contributed by atoms with van der Waals surface area (Å²) in [5.74, 6) is 3.11. The highest BCUT2D eigenvalue weighted by Crippen LogP contribution is 2.37. The van der Waals surface area contributed by atoms with Gasteiger partial charge < -0.3 is 5.32 Å². The van der Waals surface area contributed by atoms with Crippen LogP contribution in [0.1, 0.15) is 64.7 Å². The van der Waals surface area contributed by atoms with Crippen LogP contribution in [0, 0.1) is 17.8 Å². The van der Waals surface area contributed by atoms with Crippen LogP contribution in [-0.4, -0.2) is 13.1 Å². The first-order valence-electron chi connectivity index (χ1n) is 7.62. The molecule has 0 aromatic rings. The van der Waals surface area contributed by atoms with E-state index in [4.69, 9.17) is 0 Å². The van der Waals surface area contributed by atoms with E-state index in [1.807, 2.05) is 0 Å². The molecule has 94 valence electrons. The van der Waals surface area contributed by atoms with Crippen LogP contribution >= 0.6 is 0 Å². The highest BCUT2D eigenvalue weighted by atomic mass is 14.9. The molecule has 0 aromatic carbocycles. The summed E-state index contributed by atoms with van der Waals surface area (Å²) in [6, 6.07) is 0. The van der Waals surface area contributed by atoms with Crippen LogP contribution in [0.4, 0.5) is 0 Å². The van der Waals surface area contributed by atoms with Crippen molar-refractivity contribution in [3.05, 3.63) is 0 Å². The predicted molar refractivity (Wildman–Crippen MR) is 70.6 cm³/mol. The molecule has 2 fully saturated rings. The number of piperidine rings is 1. The molecule has 1 heterocycles. The molecule has 1 nitrogen and oxygen atoms in total. The molecule has 0 spiro atoms. The van der Waals surface area contributed by atoms with Crippen molar-refractivity contribution in [2.45, 2.75) is 64.7 Å². The molecule has 1 aliphatic carbocycles. The van der Waals surface area contributed by atoms with E-state index in [-0.39, 0.29) is 0 Å². The summed E-state index contributed by atoms with van der Waals surface area (Å²) in [4.78, 5) is 0. The highest BCUT2D eigenvalue weighted by molar-refractivity contribution is 4.83. The molecule has 1 heteroatoms. The first-order chi connectivity index (χ1) is 7.92. The summed E-state index contributed by atoms with van der Waals surface area (Å²) in [6.07, 6.45) is 13.4. The van der Waals surface area contributed by atoms with Gasteiger partial charge in [0.1, 0.15) is 0 Å². The Bertz CT molecular complexity index is 180. The molecule has 0 aromatic heterocycles. The molecule has 0 radical (unpaired) electrons. The maximum atomic E-state index is 3.60. The molecule has 0 bridgehead atoms. The van der Waals surface area contributed by atoms with Gasteiger partial charge in [-0.3, -0.25) is 0 Å². The van der Waals surface area contributed by atoms with Crippen molar-refractivity contribution in [3.8, 4) is 0 Å². The Morgan fingerprint density at radius 1 is 1.00 bits per heavy atom. The minimum absolute atomic E-state index is 0.988. The number of rotatable bonds is 3. The molecule has 16 heavy (non-hydrogen) atoms. The third-order valence-corrected chi connectivity index (χ3v) is 4.83. The van der Waals surface area contributed by atoms with Crippen LogP contribution in [0.15, 0.2) is 0 Å². The van der Waals surface area contributed by atoms with Crippen molar-refractivity contribution >= 4 is 0 Å². The molecule has 2 atom stereocenters. The molecule has 2 unspecified atom stereocenters. The SMILES string of the molecule is CCCC1CNCCC1C1CCCCCC1.